The molecule has 2 atom stereocenters. The molecule has 0 fully saturated rings. The number of hydrogen-bond donors (Lipinski definition) is 3. The summed E-state index contributed by atoms with van der Waals surface area (Å²) in [6.07, 6.45) is 5.67. The third-order valence-corrected chi connectivity index (χ3v) is 8.33. The minimum absolute atomic E-state index is 0.0309. The highest BCUT2D eigenvalue weighted by atomic mass is 32.2. The molecule has 37 heavy (non-hydrogen) atoms. The number of rotatable bonds is 5. The van der Waals surface area contributed by atoms with Crippen LogP contribution in [0.2, 0.25) is 0 Å². The van der Waals surface area contributed by atoms with Crippen molar-refractivity contribution in [3.8, 4) is 0 Å². The minimum atomic E-state index is -4.36. The molecule has 194 valence electrons. The number of nitrogens with zero attached hydrogens (tertiary/aromatic N) is 2. The Kier molecular flexibility index (Phi) is 6.07. The van der Waals surface area contributed by atoms with E-state index in [-0.39, 0.29) is 46.0 Å². The SMILES string of the molecule is CS(=O)(=O)Nc1ccc2c(c1)S(=O)(=O)N=C(C1=C(O)[C@@H]3CC=CC[C@@H]3N(Cc3ccc(F)cc3)C1=O)N2. The quantitative estimate of drug-likeness (QED) is 0.489. The first-order valence-electron chi connectivity index (χ1n) is 11.3. The number of halogens is 1. The van der Waals surface area contributed by atoms with E-state index in [2.05, 4.69) is 14.4 Å². The van der Waals surface area contributed by atoms with Crippen LogP contribution in [-0.2, 0) is 31.4 Å². The van der Waals surface area contributed by atoms with Gasteiger partial charge in [0, 0.05) is 24.2 Å². The van der Waals surface area contributed by atoms with Crippen LogP contribution in [0.4, 0.5) is 15.8 Å². The van der Waals surface area contributed by atoms with Gasteiger partial charge in [0.15, 0.2) is 5.84 Å². The summed E-state index contributed by atoms with van der Waals surface area (Å²) >= 11 is 0. The molecule has 10 nitrogen and oxygen atoms in total. The van der Waals surface area contributed by atoms with E-state index in [0.717, 1.165) is 12.3 Å². The molecule has 3 aliphatic rings. The van der Waals surface area contributed by atoms with Gasteiger partial charge in [-0.25, -0.2) is 12.8 Å². The molecule has 1 aliphatic carbocycles. The third-order valence-electron chi connectivity index (χ3n) is 6.41. The van der Waals surface area contributed by atoms with E-state index in [9.17, 15) is 31.1 Å². The summed E-state index contributed by atoms with van der Waals surface area (Å²) in [4.78, 5) is 15.0. The van der Waals surface area contributed by atoms with Crippen LogP contribution in [0.3, 0.4) is 0 Å². The number of aliphatic hydroxyl groups is 1. The number of hydrogen-bond acceptors (Lipinski definition) is 7. The average Bonchev–Trinajstić information content (AvgIpc) is 2.82. The van der Waals surface area contributed by atoms with Gasteiger partial charge in [0.05, 0.1) is 11.9 Å². The van der Waals surface area contributed by atoms with Crippen molar-refractivity contribution >= 4 is 43.2 Å². The summed E-state index contributed by atoms with van der Waals surface area (Å²) in [7, 11) is -8.00. The monoisotopic (exact) mass is 546 g/mol. The summed E-state index contributed by atoms with van der Waals surface area (Å²) in [6, 6.07) is 9.18. The molecule has 2 heterocycles. The molecule has 13 heteroatoms. The first-order chi connectivity index (χ1) is 17.4. The smallest absolute Gasteiger partial charge is 0.286 e. The molecule has 2 aliphatic heterocycles. The highest BCUT2D eigenvalue weighted by Crippen LogP contribution is 2.39. The van der Waals surface area contributed by atoms with Gasteiger partial charge < -0.3 is 15.3 Å². The van der Waals surface area contributed by atoms with Crippen molar-refractivity contribution in [1.29, 1.82) is 0 Å². The van der Waals surface area contributed by atoms with Gasteiger partial charge in [-0.2, -0.15) is 8.42 Å². The van der Waals surface area contributed by atoms with E-state index in [1.807, 2.05) is 12.2 Å². The van der Waals surface area contributed by atoms with Gasteiger partial charge in [-0.05, 0) is 48.7 Å². The second kappa shape index (κ2) is 8.99. The summed E-state index contributed by atoms with van der Waals surface area (Å²) in [6.45, 7) is 0.127. The van der Waals surface area contributed by atoms with Crippen LogP contribution in [0.1, 0.15) is 18.4 Å². The van der Waals surface area contributed by atoms with Crippen LogP contribution in [-0.4, -0.2) is 50.9 Å². The number of benzene rings is 2. The molecule has 2 aromatic rings. The maximum Gasteiger partial charge on any atom is 0.286 e. The number of nitrogens with one attached hydrogen (secondary N) is 2. The molecule has 2 aromatic carbocycles. The molecule has 5 rings (SSSR count). The van der Waals surface area contributed by atoms with Gasteiger partial charge in [-0.1, -0.05) is 24.3 Å². The van der Waals surface area contributed by atoms with E-state index in [1.54, 1.807) is 17.0 Å². The number of fused-ring (bicyclic) bond motifs is 2. The van der Waals surface area contributed by atoms with Crippen LogP contribution in [0.5, 0.6) is 0 Å². The lowest BCUT2D eigenvalue weighted by Gasteiger charge is -2.42. The van der Waals surface area contributed by atoms with Crippen molar-refractivity contribution in [3.05, 3.63) is 77.3 Å². The zero-order valence-electron chi connectivity index (χ0n) is 19.5. The topological polar surface area (TPSA) is 145 Å². The predicted octanol–water partition coefficient (Wildman–Crippen LogP) is 2.90. The Morgan fingerprint density at radius 2 is 1.86 bits per heavy atom. The summed E-state index contributed by atoms with van der Waals surface area (Å²) in [5.41, 5.74) is 0.522. The van der Waals surface area contributed by atoms with Crippen LogP contribution >= 0.6 is 0 Å². The Bertz CT molecular complexity index is 1600. The highest BCUT2D eigenvalue weighted by molar-refractivity contribution is 7.92. The lowest BCUT2D eigenvalue weighted by atomic mass is 9.80. The Balaban J connectivity index is 1.55. The maximum absolute atomic E-state index is 13.7. The Hall–Kier alpha value is -3.71. The fourth-order valence-corrected chi connectivity index (χ4v) is 6.47. The van der Waals surface area contributed by atoms with Gasteiger partial charge in [0.25, 0.3) is 15.9 Å². The number of amidine groups is 1. The number of anilines is 2. The van der Waals surface area contributed by atoms with Crippen molar-refractivity contribution < 1.29 is 31.1 Å². The number of carbonyl (C=O) groups excluding carboxylic acids is 1. The van der Waals surface area contributed by atoms with Crippen molar-refractivity contribution in [2.24, 2.45) is 10.3 Å². The molecule has 0 spiro atoms. The van der Waals surface area contributed by atoms with Gasteiger partial charge in [0.2, 0.25) is 10.0 Å². The number of allylic oxidation sites excluding steroid dienone is 1. The van der Waals surface area contributed by atoms with Crippen LogP contribution in [0.15, 0.2) is 75.2 Å². The van der Waals surface area contributed by atoms with Crippen LogP contribution in [0.25, 0.3) is 0 Å². The maximum atomic E-state index is 13.7. The minimum Gasteiger partial charge on any atom is -0.511 e. The first-order valence-corrected chi connectivity index (χ1v) is 14.6. The zero-order valence-corrected chi connectivity index (χ0v) is 21.2. The fraction of sp³-hybridized carbons (Fsp3) is 0.250. The second-order valence-electron chi connectivity index (χ2n) is 9.06. The van der Waals surface area contributed by atoms with Crippen molar-refractivity contribution in [2.75, 3.05) is 16.3 Å². The number of aliphatic hydroxyl groups excluding tert-OH is 1. The standard InChI is InChI=1S/C24H23FN4O6S2/c1-36(32,33)27-16-10-11-18-20(12-16)37(34,35)28-23(26-18)21-22(30)17-4-2-3-5-19(17)29(24(21)31)13-14-6-8-15(25)9-7-14/h2-3,6-12,17,19,27,30H,4-5,13H2,1H3,(H,26,28)/t17-,19+/m1/s1. The third kappa shape index (κ3) is 4.83. The van der Waals surface area contributed by atoms with Gasteiger partial charge in [-0.15, -0.1) is 4.40 Å². The van der Waals surface area contributed by atoms with Gasteiger partial charge in [0.1, 0.15) is 22.0 Å². The summed E-state index contributed by atoms with van der Waals surface area (Å²) in [5, 5.41) is 14.0. The summed E-state index contributed by atoms with van der Waals surface area (Å²) in [5.74, 6) is -2.08. The van der Waals surface area contributed by atoms with E-state index < -0.39 is 37.7 Å². The molecular weight excluding hydrogens is 523 g/mol. The van der Waals surface area contributed by atoms with Crippen LogP contribution < -0.4 is 10.0 Å². The molecule has 3 N–H and O–H groups in total. The largest absolute Gasteiger partial charge is 0.511 e. The van der Waals surface area contributed by atoms with E-state index in [1.165, 1.54) is 24.3 Å². The second-order valence-corrected chi connectivity index (χ2v) is 12.4. The fourth-order valence-electron chi connectivity index (χ4n) is 4.77. The van der Waals surface area contributed by atoms with Gasteiger partial charge in [-0.3, -0.25) is 9.52 Å². The first kappa shape index (κ1) is 25.0. The molecule has 0 saturated carbocycles. The van der Waals surface area contributed by atoms with E-state index in [0.29, 0.717) is 18.4 Å². The van der Waals surface area contributed by atoms with E-state index in [4.69, 9.17) is 0 Å². The van der Waals surface area contributed by atoms with Crippen LogP contribution in [0, 0.1) is 11.7 Å². The lowest BCUT2D eigenvalue weighted by molar-refractivity contribution is -0.132. The molecule has 0 radical (unpaired) electrons. The predicted molar refractivity (Wildman–Crippen MR) is 135 cm³/mol. The van der Waals surface area contributed by atoms with Gasteiger partial charge >= 0.3 is 0 Å². The Morgan fingerprint density at radius 3 is 2.57 bits per heavy atom. The Labute approximate surface area is 213 Å². The average molecular weight is 547 g/mol. The lowest BCUT2D eigenvalue weighted by Crippen LogP contribution is -2.52. The molecule has 1 amide bonds. The molecule has 0 aromatic heterocycles. The normalized spacial score (nSPS) is 22.6. The number of carbonyl (C=O) groups is 1. The van der Waals surface area contributed by atoms with Crippen molar-refractivity contribution in [2.45, 2.75) is 30.3 Å². The summed E-state index contributed by atoms with van der Waals surface area (Å²) < 4.78 is 68.6. The van der Waals surface area contributed by atoms with Crippen molar-refractivity contribution in [1.82, 2.24) is 4.90 Å². The van der Waals surface area contributed by atoms with Crippen molar-refractivity contribution in [3.63, 3.8) is 0 Å². The zero-order chi connectivity index (χ0) is 26.5. The van der Waals surface area contributed by atoms with E-state index >= 15 is 0 Å². The number of sulfonamides is 2. The Morgan fingerprint density at radius 1 is 1.16 bits per heavy atom. The molecule has 0 unspecified atom stereocenters. The number of amides is 1. The molecule has 0 bridgehead atoms. The molecule has 0 saturated heterocycles. The molecular formula is C24H23FN4O6S2. The highest BCUT2D eigenvalue weighted by Gasteiger charge is 2.44.